The third kappa shape index (κ3) is 3.19. The summed E-state index contributed by atoms with van der Waals surface area (Å²) in [7, 11) is 1.65. The Hall–Kier alpha value is -1.40. The number of ether oxygens (including phenoxy) is 1. The lowest BCUT2D eigenvalue weighted by Crippen LogP contribution is -2.12. The minimum absolute atomic E-state index is 0.292. The molecule has 0 aliphatic heterocycles. The van der Waals surface area contributed by atoms with Crippen molar-refractivity contribution in [2.75, 3.05) is 25.6 Å². The quantitative estimate of drug-likeness (QED) is 0.846. The summed E-state index contributed by atoms with van der Waals surface area (Å²) >= 11 is 3.20. The van der Waals surface area contributed by atoms with E-state index in [1.54, 1.807) is 13.2 Å². The molecule has 0 bridgehead atoms. The van der Waals surface area contributed by atoms with Crippen LogP contribution in [-0.4, -0.2) is 29.8 Å². The van der Waals surface area contributed by atoms with E-state index in [0.29, 0.717) is 23.6 Å². The molecule has 0 fully saturated rings. The highest BCUT2D eigenvalue weighted by Gasteiger charge is 2.12. The molecule has 1 aromatic heterocycles. The summed E-state index contributed by atoms with van der Waals surface area (Å²) in [6.45, 7) is 5.07. The second-order valence-corrected chi connectivity index (χ2v) is 5.40. The third-order valence-corrected chi connectivity index (χ3v) is 3.52. The maximum atomic E-state index is 13.8. The summed E-state index contributed by atoms with van der Waals surface area (Å²) in [5.41, 5.74) is 2.60. The number of imidazole rings is 1. The zero-order chi connectivity index (χ0) is 14.7. The van der Waals surface area contributed by atoms with Crippen LogP contribution >= 0.6 is 15.9 Å². The number of rotatable bonds is 5. The van der Waals surface area contributed by atoms with Gasteiger partial charge in [0.1, 0.15) is 5.82 Å². The molecule has 0 aliphatic rings. The Morgan fingerprint density at radius 1 is 1.40 bits per heavy atom. The van der Waals surface area contributed by atoms with Crippen LogP contribution in [0.4, 0.5) is 10.3 Å². The van der Waals surface area contributed by atoms with E-state index in [1.807, 2.05) is 24.6 Å². The lowest BCUT2D eigenvalue weighted by molar-refractivity contribution is 0.210. The van der Waals surface area contributed by atoms with E-state index in [0.717, 1.165) is 16.9 Å². The minimum Gasteiger partial charge on any atom is -0.383 e. The lowest BCUT2D eigenvalue weighted by Gasteiger charge is -2.12. The van der Waals surface area contributed by atoms with Crippen LogP contribution in [0.5, 0.6) is 0 Å². The highest BCUT2D eigenvalue weighted by atomic mass is 79.9. The number of hydrogen-bond acceptors (Lipinski definition) is 3. The molecule has 0 amide bonds. The summed E-state index contributed by atoms with van der Waals surface area (Å²) in [4.78, 5) is 4.41. The summed E-state index contributed by atoms with van der Waals surface area (Å²) in [6.07, 6.45) is 1.88. The van der Waals surface area contributed by atoms with Gasteiger partial charge in [-0.25, -0.2) is 9.37 Å². The molecule has 1 heterocycles. The second-order valence-electron chi connectivity index (χ2n) is 4.55. The van der Waals surface area contributed by atoms with Gasteiger partial charge >= 0.3 is 0 Å². The Morgan fingerprint density at radius 2 is 2.15 bits per heavy atom. The molecule has 0 atom stereocenters. The van der Waals surface area contributed by atoms with Crippen molar-refractivity contribution in [3.8, 4) is 5.69 Å². The van der Waals surface area contributed by atoms with Gasteiger partial charge in [-0.2, -0.15) is 0 Å². The summed E-state index contributed by atoms with van der Waals surface area (Å²) in [5.74, 6) is 0.393. The highest BCUT2D eigenvalue weighted by molar-refractivity contribution is 9.10. The topological polar surface area (TPSA) is 39.1 Å². The molecular formula is C14H17BrFN3O. The predicted octanol–water partition coefficient (Wildman–Crippen LogP) is 3.45. The molecule has 0 spiro atoms. The van der Waals surface area contributed by atoms with Crippen molar-refractivity contribution in [1.82, 2.24) is 9.55 Å². The van der Waals surface area contributed by atoms with E-state index < -0.39 is 0 Å². The van der Waals surface area contributed by atoms with Gasteiger partial charge in [0.25, 0.3) is 0 Å². The summed E-state index contributed by atoms with van der Waals surface area (Å²) in [5, 5.41) is 3.19. The Morgan fingerprint density at radius 3 is 2.85 bits per heavy atom. The van der Waals surface area contributed by atoms with Crippen LogP contribution in [0.1, 0.15) is 11.3 Å². The van der Waals surface area contributed by atoms with Gasteiger partial charge in [-0.05, 0) is 47.5 Å². The van der Waals surface area contributed by atoms with Gasteiger partial charge in [-0.3, -0.25) is 4.57 Å². The number of aromatic nitrogens is 2. The van der Waals surface area contributed by atoms with Crippen molar-refractivity contribution in [1.29, 1.82) is 0 Å². The van der Waals surface area contributed by atoms with Crippen molar-refractivity contribution < 1.29 is 9.13 Å². The van der Waals surface area contributed by atoms with Crippen LogP contribution in [0.25, 0.3) is 5.69 Å². The first-order chi connectivity index (χ1) is 9.52. The van der Waals surface area contributed by atoms with Gasteiger partial charge < -0.3 is 10.1 Å². The predicted molar refractivity (Wildman–Crippen MR) is 81.1 cm³/mol. The number of halogens is 2. The maximum Gasteiger partial charge on any atom is 0.207 e. The van der Waals surface area contributed by atoms with E-state index in [-0.39, 0.29) is 5.82 Å². The monoisotopic (exact) mass is 341 g/mol. The standard InChI is InChI=1S/C14H17BrFN3O/c1-9-6-11(15)12(16)7-13(9)19-8-10(2)18-14(19)17-4-5-20-3/h6-8H,4-5H2,1-3H3,(H,17,18). The van der Waals surface area contributed by atoms with E-state index in [1.165, 1.54) is 6.07 Å². The van der Waals surface area contributed by atoms with E-state index in [9.17, 15) is 4.39 Å². The molecule has 108 valence electrons. The molecule has 4 nitrogen and oxygen atoms in total. The molecule has 0 unspecified atom stereocenters. The molecular weight excluding hydrogens is 325 g/mol. The fourth-order valence-corrected chi connectivity index (χ4v) is 2.42. The van der Waals surface area contributed by atoms with Crippen LogP contribution in [0.2, 0.25) is 0 Å². The fraction of sp³-hybridized carbons (Fsp3) is 0.357. The van der Waals surface area contributed by atoms with Gasteiger partial charge in [-0.1, -0.05) is 0 Å². The molecule has 2 rings (SSSR count). The molecule has 0 radical (unpaired) electrons. The Kier molecular flexibility index (Phi) is 4.77. The van der Waals surface area contributed by atoms with E-state index >= 15 is 0 Å². The van der Waals surface area contributed by atoms with Crippen molar-refractivity contribution in [2.24, 2.45) is 0 Å². The van der Waals surface area contributed by atoms with Gasteiger partial charge in [0.05, 0.1) is 22.5 Å². The van der Waals surface area contributed by atoms with Crippen LogP contribution in [0, 0.1) is 19.7 Å². The van der Waals surface area contributed by atoms with Crippen molar-refractivity contribution in [3.05, 3.63) is 39.9 Å². The average Bonchev–Trinajstić information content (AvgIpc) is 2.75. The molecule has 0 aliphatic carbocycles. The molecule has 6 heteroatoms. The first-order valence-corrected chi connectivity index (χ1v) is 7.07. The van der Waals surface area contributed by atoms with Crippen LogP contribution < -0.4 is 5.32 Å². The van der Waals surface area contributed by atoms with Gasteiger partial charge in [0.15, 0.2) is 0 Å². The lowest BCUT2D eigenvalue weighted by atomic mass is 10.2. The molecule has 2 aromatic rings. The van der Waals surface area contributed by atoms with Crippen molar-refractivity contribution in [3.63, 3.8) is 0 Å². The Bertz CT molecular complexity index is 613. The minimum atomic E-state index is -0.292. The molecule has 0 saturated heterocycles. The van der Waals surface area contributed by atoms with Gasteiger partial charge in [0.2, 0.25) is 5.95 Å². The van der Waals surface area contributed by atoms with Crippen molar-refractivity contribution >= 4 is 21.9 Å². The maximum absolute atomic E-state index is 13.8. The van der Waals surface area contributed by atoms with Gasteiger partial charge in [0, 0.05) is 19.9 Å². The zero-order valence-corrected chi connectivity index (χ0v) is 13.3. The fourth-order valence-electron chi connectivity index (χ4n) is 1.97. The Labute approximate surface area is 126 Å². The first kappa shape index (κ1) is 15.0. The average molecular weight is 342 g/mol. The molecule has 1 aromatic carbocycles. The van der Waals surface area contributed by atoms with Crippen molar-refractivity contribution in [2.45, 2.75) is 13.8 Å². The number of nitrogens with zero attached hydrogens (tertiary/aromatic N) is 2. The smallest absolute Gasteiger partial charge is 0.207 e. The highest BCUT2D eigenvalue weighted by Crippen LogP contribution is 2.25. The molecule has 0 saturated carbocycles. The largest absolute Gasteiger partial charge is 0.383 e. The SMILES string of the molecule is COCCNc1nc(C)cn1-c1cc(F)c(Br)cc1C. The van der Waals surface area contributed by atoms with E-state index in [2.05, 4.69) is 26.2 Å². The number of hydrogen-bond donors (Lipinski definition) is 1. The second kappa shape index (κ2) is 6.37. The van der Waals surface area contributed by atoms with Crippen LogP contribution in [0.3, 0.4) is 0 Å². The van der Waals surface area contributed by atoms with E-state index in [4.69, 9.17) is 4.74 Å². The summed E-state index contributed by atoms with van der Waals surface area (Å²) < 4.78 is 21.1. The zero-order valence-electron chi connectivity index (χ0n) is 11.7. The van der Waals surface area contributed by atoms with Gasteiger partial charge in [-0.15, -0.1) is 0 Å². The molecule has 20 heavy (non-hydrogen) atoms. The number of methoxy groups -OCH3 is 1. The molecule has 1 N–H and O–H groups in total. The first-order valence-electron chi connectivity index (χ1n) is 6.27. The number of benzene rings is 1. The van der Waals surface area contributed by atoms with Crippen LogP contribution in [0.15, 0.2) is 22.8 Å². The Balaban J connectivity index is 2.39. The van der Waals surface area contributed by atoms with Crippen LogP contribution in [-0.2, 0) is 4.74 Å². The number of aryl methyl sites for hydroxylation is 2. The normalized spacial score (nSPS) is 10.8. The summed E-state index contributed by atoms with van der Waals surface area (Å²) in [6, 6.07) is 3.26. The number of nitrogens with one attached hydrogen (secondary N) is 1. The number of anilines is 1. The third-order valence-electron chi connectivity index (χ3n) is 2.91.